The molecule has 0 bridgehead atoms. The molecule has 0 saturated carbocycles. The molecule has 0 aromatic carbocycles. The minimum atomic E-state index is 0.436. The third kappa shape index (κ3) is 3.16. The quantitative estimate of drug-likeness (QED) is 0.748. The van der Waals surface area contributed by atoms with E-state index in [1.165, 1.54) is 38.8 Å². The summed E-state index contributed by atoms with van der Waals surface area (Å²) < 4.78 is 5.39. The van der Waals surface area contributed by atoms with E-state index in [0.29, 0.717) is 12.1 Å². The summed E-state index contributed by atoms with van der Waals surface area (Å²) in [6.07, 6.45) is 4.83. The van der Waals surface area contributed by atoms with Crippen molar-refractivity contribution in [1.82, 2.24) is 4.90 Å². The number of nitrogens with zero attached hydrogens (tertiary/aromatic N) is 1. The molecule has 0 aromatic heterocycles. The summed E-state index contributed by atoms with van der Waals surface area (Å²) in [5.41, 5.74) is 5.97. The predicted molar refractivity (Wildman–Crippen MR) is 61.8 cm³/mol. The largest absolute Gasteiger partial charge is 0.381 e. The van der Waals surface area contributed by atoms with Crippen molar-refractivity contribution in [3.8, 4) is 0 Å². The molecule has 2 aliphatic heterocycles. The number of hydrogen-bond acceptors (Lipinski definition) is 3. The van der Waals surface area contributed by atoms with Gasteiger partial charge in [-0.15, -0.1) is 0 Å². The van der Waals surface area contributed by atoms with E-state index >= 15 is 0 Å². The van der Waals surface area contributed by atoms with Gasteiger partial charge >= 0.3 is 0 Å². The molecule has 0 amide bonds. The van der Waals surface area contributed by atoms with Gasteiger partial charge in [-0.3, -0.25) is 0 Å². The minimum Gasteiger partial charge on any atom is -0.381 e. The van der Waals surface area contributed by atoms with Crippen molar-refractivity contribution in [1.29, 1.82) is 0 Å². The zero-order valence-corrected chi connectivity index (χ0v) is 9.82. The highest BCUT2D eigenvalue weighted by Gasteiger charge is 2.25. The molecule has 2 saturated heterocycles. The normalized spacial score (nSPS) is 35.6. The molecular weight excluding hydrogens is 188 g/mol. The van der Waals surface area contributed by atoms with E-state index in [9.17, 15) is 0 Å². The van der Waals surface area contributed by atoms with Gasteiger partial charge in [0.05, 0.1) is 0 Å². The monoisotopic (exact) mass is 212 g/mol. The standard InChI is InChI=1S/C12H24N2O/c1-10-8-12(13)2-5-14(10)9-11-3-6-15-7-4-11/h10-12H,2-9,13H2,1H3. The van der Waals surface area contributed by atoms with Gasteiger partial charge < -0.3 is 15.4 Å². The summed E-state index contributed by atoms with van der Waals surface area (Å²) in [5.74, 6) is 0.857. The van der Waals surface area contributed by atoms with Gasteiger partial charge in [0, 0.05) is 31.8 Å². The Balaban J connectivity index is 1.77. The Bertz CT molecular complexity index is 192. The van der Waals surface area contributed by atoms with E-state index in [1.807, 2.05) is 0 Å². The number of ether oxygens (including phenoxy) is 1. The predicted octanol–water partition coefficient (Wildman–Crippen LogP) is 1.22. The van der Waals surface area contributed by atoms with Gasteiger partial charge in [0.15, 0.2) is 0 Å². The SMILES string of the molecule is CC1CC(N)CCN1CC1CCOCC1. The van der Waals surface area contributed by atoms with Crippen LogP contribution in [-0.2, 0) is 4.74 Å². The summed E-state index contributed by atoms with van der Waals surface area (Å²) >= 11 is 0. The van der Waals surface area contributed by atoms with Crippen LogP contribution in [0.5, 0.6) is 0 Å². The first-order valence-electron chi connectivity index (χ1n) is 6.33. The van der Waals surface area contributed by atoms with Crippen LogP contribution in [0.2, 0.25) is 0 Å². The van der Waals surface area contributed by atoms with Crippen molar-refractivity contribution < 1.29 is 4.74 Å². The molecular formula is C12H24N2O. The van der Waals surface area contributed by atoms with Crippen LogP contribution in [0.4, 0.5) is 0 Å². The van der Waals surface area contributed by atoms with Crippen LogP contribution < -0.4 is 5.73 Å². The van der Waals surface area contributed by atoms with Crippen LogP contribution >= 0.6 is 0 Å². The molecule has 3 nitrogen and oxygen atoms in total. The van der Waals surface area contributed by atoms with Crippen molar-refractivity contribution in [2.45, 2.75) is 44.7 Å². The second-order valence-corrected chi connectivity index (χ2v) is 5.18. The first-order valence-corrected chi connectivity index (χ1v) is 6.33. The molecule has 88 valence electrons. The Hall–Kier alpha value is -0.120. The van der Waals surface area contributed by atoms with Gasteiger partial charge in [-0.2, -0.15) is 0 Å². The zero-order valence-electron chi connectivity index (χ0n) is 9.82. The average molecular weight is 212 g/mol. The summed E-state index contributed by atoms with van der Waals surface area (Å²) in [7, 11) is 0. The number of rotatable bonds is 2. The van der Waals surface area contributed by atoms with E-state index < -0.39 is 0 Å². The Labute approximate surface area is 93.0 Å². The van der Waals surface area contributed by atoms with Crippen molar-refractivity contribution in [2.24, 2.45) is 11.7 Å². The van der Waals surface area contributed by atoms with Crippen LogP contribution in [0.1, 0.15) is 32.6 Å². The molecule has 2 aliphatic rings. The fraction of sp³-hybridized carbons (Fsp3) is 1.00. The molecule has 3 heteroatoms. The molecule has 2 rings (SSSR count). The van der Waals surface area contributed by atoms with Crippen molar-refractivity contribution in [3.63, 3.8) is 0 Å². The van der Waals surface area contributed by atoms with E-state index in [-0.39, 0.29) is 0 Å². The lowest BCUT2D eigenvalue weighted by Gasteiger charge is -2.39. The number of likely N-dealkylation sites (tertiary alicyclic amines) is 1. The third-order valence-corrected chi connectivity index (χ3v) is 3.89. The second kappa shape index (κ2) is 5.28. The topological polar surface area (TPSA) is 38.5 Å². The Morgan fingerprint density at radius 3 is 2.67 bits per heavy atom. The van der Waals surface area contributed by atoms with E-state index in [1.54, 1.807) is 0 Å². The van der Waals surface area contributed by atoms with Crippen LogP contribution in [0.15, 0.2) is 0 Å². The lowest BCUT2D eigenvalue weighted by molar-refractivity contribution is 0.0391. The van der Waals surface area contributed by atoms with Crippen LogP contribution in [0, 0.1) is 5.92 Å². The average Bonchev–Trinajstić information content (AvgIpc) is 2.24. The molecule has 2 heterocycles. The fourth-order valence-electron chi connectivity index (χ4n) is 2.79. The first-order chi connectivity index (χ1) is 7.25. The van der Waals surface area contributed by atoms with Crippen LogP contribution in [0.25, 0.3) is 0 Å². The van der Waals surface area contributed by atoms with Gasteiger partial charge in [0.25, 0.3) is 0 Å². The number of piperidine rings is 1. The van der Waals surface area contributed by atoms with E-state index in [4.69, 9.17) is 10.5 Å². The second-order valence-electron chi connectivity index (χ2n) is 5.18. The van der Waals surface area contributed by atoms with E-state index in [2.05, 4.69) is 11.8 Å². The summed E-state index contributed by atoms with van der Waals surface area (Å²) in [6, 6.07) is 1.11. The molecule has 0 aliphatic carbocycles. The highest BCUT2D eigenvalue weighted by molar-refractivity contribution is 4.82. The molecule has 2 N–H and O–H groups in total. The van der Waals surface area contributed by atoms with Gasteiger partial charge in [0.2, 0.25) is 0 Å². The highest BCUT2D eigenvalue weighted by Crippen LogP contribution is 2.21. The molecule has 0 radical (unpaired) electrons. The Morgan fingerprint density at radius 1 is 1.27 bits per heavy atom. The molecule has 2 unspecified atom stereocenters. The third-order valence-electron chi connectivity index (χ3n) is 3.89. The molecule has 2 atom stereocenters. The van der Waals surface area contributed by atoms with Crippen molar-refractivity contribution >= 4 is 0 Å². The maximum atomic E-state index is 5.97. The van der Waals surface area contributed by atoms with Crippen molar-refractivity contribution in [3.05, 3.63) is 0 Å². The molecule has 15 heavy (non-hydrogen) atoms. The fourth-order valence-corrected chi connectivity index (χ4v) is 2.79. The summed E-state index contributed by atoms with van der Waals surface area (Å²) in [5, 5.41) is 0. The van der Waals surface area contributed by atoms with Gasteiger partial charge in [-0.25, -0.2) is 0 Å². The highest BCUT2D eigenvalue weighted by atomic mass is 16.5. The zero-order chi connectivity index (χ0) is 10.7. The van der Waals surface area contributed by atoms with Crippen molar-refractivity contribution in [2.75, 3.05) is 26.3 Å². The van der Waals surface area contributed by atoms with Gasteiger partial charge in [-0.1, -0.05) is 0 Å². The van der Waals surface area contributed by atoms with Crippen LogP contribution in [0.3, 0.4) is 0 Å². The maximum Gasteiger partial charge on any atom is 0.0469 e. The maximum absolute atomic E-state index is 5.97. The smallest absolute Gasteiger partial charge is 0.0469 e. The first kappa shape index (κ1) is 11.4. The molecule has 2 fully saturated rings. The summed E-state index contributed by atoms with van der Waals surface area (Å²) in [4.78, 5) is 2.62. The van der Waals surface area contributed by atoms with E-state index in [0.717, 1.165) is 19.1 Å². The molecule has 0 spiro atoms. The number of hydrogen-bond donors (Lipinski definition) is 1. The minimum absolute atomic E-state index is 0.436. The molecule has 0 aromatic rings. The summed E-state index contributed by atoms with van der Waals surface area (Å²) in [6.45, 7) is 6.70. The van der Waals surface area contributed by atoms with Gasteiger partial charge in [0.1, 0.15) is 0 Å². The Morgan fingerprint density at radius 2 is 2.00 bits per heavy atom. The van der Waals surface area contributed by atoms with Crippen LogP contribution in [-0.4, -0.2) is 43.3 Å². The lowest BCUT2D eigenvalue weighted by atomic mass is 9.94. The number of nitrogens with two attached hydrogens (primary N) is 1. The van der Waals surface area contributed by atoms with Gasteiger partial charge in [-0.05, 0) is 45.1 Å². The lowest BCUT2D eigenvalue weighted by Crippen LogP contribution is -2.47. The Kier molecular flexibility index (Phi) is 4.00.